The van der Waals surface area contributed by atoms with Gasteiger partial charge in [0.25, 0.3) is 0 Å². The first-order valence-electron chi connectivity index (χ1n) is 6.92. The number of carbonyl (C=O) groups excluding carboxylic acids is 2. The van der Waals surface area contributed by atoms with Gasteiger partial charge in [-0.1, -0.05) is 13.0 Å². The average Bonchev–Trinajstić information content (AvgIpc) is 2.77. The van der Waals surface area contributed by atoms with Gasteiger partial charge in [0.15, 0.2) is 0 Å². The van der Waals surface area contributed by atoms with E-state index in [1.165, 1.54) is 4.90 Å². The first-order valence-corrected chi connectivity index (χ1v) is 6.92. The summed E-state index contributed by atoms with van der Waals surface area (Å²) >= 11 is 0. The molecule has 0 bridgehead atoms. The number of carbonyl (C=O) groups is 2. The van der Waals surface area contributed by atoms with Crippen molar-refractivity contribution in [2.75, 3.05) is 11.4 Å². The van der Waals surface area contributed by atoms with Gasteiger partial charge in [-0.25, -0.2) is 9.78 Å². The highest BCUT2D eigenvalue weighted by molar-refractivity contribution is 5.92. The van der Waals surface area contributed by atoms with Crippen molar-refractivity contribution in [3.8, 4) is 0 Å². The number of nitrogens with zero attached hydrogens (tertiary/aromatic N) is 3. The van der Waals surface area contributed by atoms with Crippen LogP contribution in [0.15, 0.2) is 18.3 Å². The lowest BCUT2D eigenvalue weighted by Gasteiger charge is -2.40. The first kappa shape index (κ1) is 12.9. The molecule has 6 nitrogen and oxygen atoms in total. The van der Waals surface area contributed by atoms with Crippen LogP contribution >= 0.6 is 0 Å². The number of anilines is 1. The summed E-state index contributed by atoms with van der Waals surface area (Å²) in [6.07, 6.45) is 3.69. The van der Waals surface area contributed by atoms with Gasteiger partial charge >= 0.3 is 6.03 Å². The van der Waals surface area contributed by atoms with Crippen LogP contribution in [-0.2, 0) is 11.2 Å². The number of likely N-dealkylation sites (tertiary alicyclic amines) is 1. The molecule has 0 radical (unpaired) electrons. The molecule has 3 amide bonds. The number of amides is 3. The van der Waals surface area contributed by atoms with E-state index in [9.17, 15) is 9.59 Å². The number of fused-ring (bicyclic) bond motifs is 1. The number of nitrogens with two attached hydrogens (primary N) is 1. The Kier molecular flexibility index (Phi) is 3.08. The molecule has 2 aliphatic heterocycles. The van der Waals surface area contributed by atoms with Crippen LogP contribution in [0, 0.1) is 5.92 Å². The summed E-state index contributed by atoms with van der Waals surface area (Å²) in [5.41, 5.74) is 6.53. The zero-order chi connectivity index (χ0) is 14.3. The van der Waals surface area contributed by atoms with Crippen molar-refractivity contribution >= 4 is 17.8 Å². The van der Waals surface area contributed by atoms with Crippen LogP contribution in [0.1, 0.15) is 25.3 Å². The monoisotopic (exact) mass is 274 g/mol. The second-order valence-corrected chi connectivity index (χ2v) is 5.44. The zero-order valence-electron chi connectivity index (χ0n) is 11.5. The molecule has 1 fully saturated rings. The van der Waals surface area contributed by atoms with Crippen LogP contribution < -0.4 is 10.6 Å². The molecule has 0 aromatic carbocycles. The fourth-order valence-electron chi connectivity index (χ4n) is 3.09. The van der Waals surface area contributed by atoms with Crippen molar-refractivity contribution in [1.29, 1.82) is 0 Å². The van der Waals surface area contributed by atoms with Crippen molar-refractivity contribution in [3.63, 3.8) is 0 Å². The highest BCUT2D eigenvalue weighted by atomic mass is 16.2. The fraction of sp³-hybridized carbons (Fsp3) is 0.500. The molecular weight excluding hydrogens is 256 g/mol. The van der Waals surface area contributed by atoms with Gasteiger partial charge < -0.3 is 10.6 Å². The molecule has 0 aliphatic carbocycles. The maximum atomic E-state index is 12.2. The molecule has 1 aromatic rings. The van der Waals surface area contributed by atoms with E-state index in [-0.39, 0.29) is 18.0 Å². The lowest BCUT2D eigenvalue weighted by Crippen LogP contribution is -2.56. The van der Waals surface area contributed by atoms with E-state index >= 15 is 0 Å². The van der Waals surface area contributed by atoms with Gasteiger partial charge in [0.05, 0.1) is 0 Å². The Morgan fingerprint density at radius 2 is 2.25 bits per heavy atom. The third-order valence-electron chi connectivity index (χ3n) is 4.17. The second kappa shape index (κ2) is 4.77. The van der Waals surface area contributed by atoms with E-state index in [0.717, 1.165) is 18.4 Å². The molecule has 0 saturated carbocycles. The summed E-state index contributed by atoms with van der Waals surface area (Å²) in [6.45, 7) is 2.60. The Hall–Kier alpha value is -2.11. The standard InChI is InChI=1S/C14H18N4O2/c1-9-6-8-17(13(9)19)11-5-4-10-3-2-7-16-12(10)18(11)14(15)20/h2-3,7,9,11H,4-6,8H2,1H3,(H2,15,20). The zero-order valence-corrected chi connectivity index (χ0v) is 11.5. The van der Waals surface area contributed by atoms with E-state index in [4.69, 9.17) is 5.73 Å². The molecule has 1 aromatic heterocycles. The first-order chi connectivity index (χ1) is 9.59. The molecule has 3 rings (SSSR count). The van der Waals surface area contributed by atoms with Crippen molar-refractivity contribution in [3.05, 3.63) is 23.9 Å². The minimum Gasteiger partial charge on any atom is -0.351 e. The number of rotatable bonds is 1. The van der Waals surface area contributed by atoms with E-state index in [2.05, 4.69) is 4.98 Å². The average molecular weight is 274 g/mol. The highest BCUT2D eigenvalue weighted by Crippen LogP contribution is 2.32. The summed E-state index contributed by atoms with van der Waals surface area (Å²) in [5.74, 6) is 0.707. The molecule has 2 aliphatic rings. The van der Waals surface area contributed by atoms with Crippen molar-refractivity contribution in [1.82, 2.24) is 9.88 Å². The van der Waals surface area contributed by atoms with Gasteiger partial charge in [0, 0.05) is 18.7 Å². The predicted octanol–water partition coefficient (Wildman–Crippen LogP) is 1.11. The van der Waals surface area contributed by atoms with Crippen LogP contribution in [0.2, 0.25) is 0 Å². The third kappa shape index (κ3) is 1.92. The smallest absolute Gasteiger partial charge is 0.322 e. The lowest BCUT2D eigenvalue weighted by atomic mass is 10.0. The number of urea groups is 1. The van der Waals surface area contributed by atoms with Crippen LogP contribution in [0.3, 0.4) is 0 Å². The minimum absolute atomic E-state index is 0.0230. The Morgan fingerprint density at radius 1 is 1.45 bits per heavy atom. The number of hydrogen-bond acceptors (Lipinski definition) is 3. The summed E-state index contributed by atoms with van der Waals surface area (Å²) in [7, 11) is 0. The van der Waals surface area contributed by atoms with Crippen molar-refractivity contribution in [2.45, 2.75) is 32.4 Å². The largest absolute Gasteiger partial charge is 0.351 e. The van der Waals surface area contributed by atoms with Crippen LogP contribution in [-0.4, -0.2) is 34.5 Å². The van der Waals surface area contributed by atoms with Crippen LogP contribution in [0.4, 0.5) is 10.6 Å². The topological polar surface area (TPSA) is 79.5 Å². The van der Waals surface area contributed by atoms with Crippen molar-refractivity contribution < 1.29 is 9.59 Å². The Morgan fingerprint density at radius 3 is 2.90 bits per heavy atom. The van der Waals surface area contributed by atoms with Crippen molar-refractivity contribution in [2.24, 2.45) is 11.7 Å². The van der Waals surface area contributed by atoms with Crippen LogP contribution in [0.5, 0.6) is 0 Å². The maximum Gasteiger partial charge on any atom is 0.322 e. The number of aromatic nitrogens is 1. The Balaban J connectivity index is 1.97. The Bertz CT molecular complexity index is 560. The molecule has 106 valence electrons. The fourth-order valence-corrected chi connectivity index (χ4v) is 3.09. The molecule has 2 N–H and O–H groups in total. The van der Waals surface area contributed by atoms with E-state index < -0.39 is 6.03 Å². The summed E-state index contributed by atoms with van der Waals surface area (Å²) in [5, 5.41) is 0. The Labute approximate surface area is 117 Å². The molecule has 0 spiro atoms. The molecular formula is C14H18N4O2. The van der Waals surface area contributed by atoms with Gasteiger partial charge in [-0.2, -0.15) is 0 Å². The SMILES string of the molecule is CC1CCN(C2CCc3cccnc3N2C(N)=O)C1=O. The van der Waals surface area contributed by atoms with Gasteiger partial charge in [-0.3, -0.25) is 9.69 Å². The molecule has 2 unspecified atom stereocenters. The van der Waals surface area contributed by atoms with E-state index in [0.29, 0.717) is 18.8 Å². The molecule has 1 saturated heterocycles. The third-order valence-corrected chi connectivity index (χ3v) is 4.17. The number of pyridine rings is 1. The minimum atomic E-state index is -0.554. The van der Waals surface area contributed by atoms with Gasteiger partial charge in [0.2, 0.25) is 5.91 Å². The molecule has 3 heterocycles. The quantitative estimate of drug-likeness (QED) is 0.833. The highest BCUT2D eigenvalue weighted by Gasteiger charge is 2.40. The number of primary amides is 1. The summed E-state index contributed by atoms with van der Waals surface area (Å²) in [4.78, 5) is 31.6. The van der Waals surface area contributed by atoms with E-state index in [1.807, 2.05) is 19.1 Å². The number of hydrogen-bond donors (Lipinski definition) is 1. The molecule has 2 atom stereocenters. The molecule has 20 heavy (non-hydrogen) atoms. The lowest BCUT2D eigenvalue weighted by molar-refractivity contribution is -0.132. The summed E-state index contributed by atoms with van der Waals surface area (Å²) in [6, 6.07) is 3.24. The second-order valence-electron chi connectivity index (χ2n) is 5.44. The molecule has 6 heteroatoms. The predicted molar refractivity (Wildman–Crippen MR) is 73.9 cm³/mol. The normalized spacial score (nSPS) is 25.8. The summed E-state index contributed by atoms with van der Waals surface area (Å²) < 4.78 is 0. The maximum absolute atomic E-state index is 12.2. The van der Waals surface area contributed by atoms with Gasteiger partial charge in [0.1, 0.15) is 12.0 Å². The van der Waals surface area contributed by atoms with E-state index in [1.54, 1.807) is 11.1 Å². The van der Waals surface area contributed by atoms with Gasteiger partial charge in [-0.05, 0) is 30.9 Å². The number of aryl methyl sites for hydroxylation is 1. The van der Waals surface area contributed by atoms with Gasteiger partial charge in [-0.15, -0.1) is 0 Å². The van der Waals surface area contributed by atoms with Crippen LogP contribution in [0.25, 0.3) is 0 Å².